The third-order valence-corrected chi connectivity index (χ3v) is 2.97. The van der Waals surface area contributed by atoms with Crippen molar-refractivity contribution in [2.24, 2.45) is 0 Å². The molecule has 0 atom stereocenters. The second-order valence-corrected chi connectivity index (χ2v) is 5.02. The molecule has 0 aromatic heterocycles. The Labute approximate surface area is 141 Å². The Bertz CT molecular complexity index is 945. The largest absolute Gasteiger partial charge is 0.504 e. The fourth-order valence-corrected chi connectivity index (χ4v) is 2.16. The summed E-state index contributed by atoms with van der Waals surface area (Å²) in [6, 6.07) is 5.24. The van der Waals surface area contributed by atoms with Gasteiger partial charge in [-0.25, -0.2) is 0 Å². The average Bonchev–Trinajstić information content (AvgIpc) is 2.61. The molecule has 8 heteroatoms. The predicted molar refractivity (Wildman–Crippen MR) is 85.8 cm³/mol. The Balaban J connectivity index is 3.01. The van der Waals surface area contributed by atoms with Crippen LogP contribution in [0.2, 0.25) is 0 Å². The first kappa shape index (κ1) is 17.9. The van der Waals surface area contributed by atoms with Crippen molar-refractivity contribution in [2.75, 3.05) is 0 Å². The van der Waals surface area contributed by atoms with Gasteiger partial charge in [-0.15, -0.1) is 0 Å². The van der Waals surface area contributed by atoms with Crippen molar-refractivity contribution in [3.05, 3.63) is 34.5 Å². The van der Waals surface area contributed by atoms with Crippen LogP contribution in [0.25, 0.3) is 10.8 Å². The van der Waals surface area contributed by atoms with Crippen molar-refractivity contribution < 1.29 is 33.7 Å². The number of carbonyl (C=O) groups excluding carboxylic acids is 3. The summed E-state index contributed by atoms with van der Waals surface area (Å²) >= 11 is 0. The molecule has 0 saturated heterocycles. The first-order chi connectivity index (χ1) is 11.7. The highest BCUT2D eigenvalue weighted by atomic mass is 16.6. The van der Waals surface area contributed by atoms with Crippen LogP contribution in [0, 0.1) is 0 Å². The lowest BCUT2D eigenvalue weighted by atomic mass is 10.1. The van der Waals surface area contributed by atoms with Crippen molar-refractivity contribution in [3.8, 4) is 23.0 Å². The van der Waals surface area contributed by atoms with E-state index in [4.69, 9.17) is 14.2 Å². The van der Waals surface area contributed by atoms with E-state index < -0.39 is 40.6 Å². The number of rotatable bonds is 3. The molecule has 0 aliphatic carbocycles. The maximum absolute atomic E-state index is 12.4. The summed E-state index contributed by atoms with van der Waals surface area (Å²) in [5, 5.41) is 9.78. The maximum atomic E-state index is 12.4. The zero-order chi connectivity index (χ0) is 18.7. The van der Waals surface area contributed by atoms with Crippen molar-refractivity contribution in [2.45, 2.75) is 20.8 Å². The van der Waals surface area contributed by atoms with Gasteiger partial charge < -0.3 is 19.3 Å². The monoisotopic (exact) mass is 346 g/mol. The molecule has 0 bridgehead atoms. The Morgan fingerprint density at radius 2 is 1.44 bits per heavy atom. The number of hydrogen-bond acceptors (Lipinski definition) is 8. The van der Waals surface area contributed by atoms with Gasteiger partial charge in [0.15, 0.2) is 17.2 Å². The molecule has 0 unspecified atom stereocenters. The van der Waals surface area contributed by atoms with Crippen LogP contribution in [-0.2, 0) is 14.4 Å². The zero-order valence-corrected chi connectivity index (χ0v) is 13.6. The molecule has 0 aliphatic rings. The van der Waals surface area contributed by atoms with Gasteiger partial charge in [-0.2, -0.15) is 0 Å². The number of aromatic hydroxyl groups is 1. The van der Waals surface area contributed by atoms with Crippen LogP contribution in [-0.4, -0.2) is 23.0 Å². The fraction of sp³-hybridized carbons (Fsp3) is 0.176. The molecular weight excluding hydrogens is 332 g/mol. The van der Waals surface area contributed by atoms with E-state index >= 15 is 0 Å². The highest BCUT2D eigenvalue weighted by Crippen LogP contribution is 2.43. The number of benzene rings is 1. The third kappa shape index (κ3) is 3.92. The van der Waals surface area contributed by atoms with Gasteiger partial charge >= 0.3 is 17.9 Å². The van der Waals surface area contributed by atoms with Crippen LogP contribution in [0.5, 0.6) is 23.0 Å². The lowest BCUT2D eigenvalue weighted by Gasteiger charge is -2.14. The van der Waals surface area contributed by atoms with E-state index in [1.165, 1.54) is 18.2 Å². The second-order valence-electron chi connectivity index (χ2n) is 5.02. The Morgan fingerprint density at radius 1 is 0.880 bits per heavy atom. The molecular formula is C17H14O8. The molecule has 2 aromatic carbocycles. The molecule has 0 heterocycles. The SMILES string of the molecule is CC(=O)Oc1cc2cccc(O)c(=O)c2c(OC(C)=O)c1OC(C)=O. The van der Waals surface area contributed by atoms with Gasteiger partial charge in [-0.1, -0.05) is 12.1 Å². The van der Waals surface area contributed by atoms with E-state index in [-0.39, 0.29) is 16.5 Å². The highest BCUT2D eigenvalue weighted by Gasteiger charge is 2.24. The summed E-state index contributed by atoms with van der Waals surface area (Å²) in [6.07, 6.45) is 0. The second kappa shape index (κ2) is 7.00. The van der Waals surface area contributed by atoms with Crippen molar-refractivity contribution in [1.29, 1.82) is 0 Å². The van der Waals surface area contributed by atoms with Gasteiger partial charge in [0.25, 0.3) is 0 Å². The zero-order valence-electron chi connectivity index (χ0n) is 13.6. The van der Waals surface area contributed by atoms with Gasteiger partial charge in [0.1, 0.15) is 0 Å². The number of esters is 3. The molecule has 8 nitrogen and oxygen atoms in total. The number of carbonyl (C=O) groups is 3. The minimum atomic E-state index is -0.848. The molecule has 0 fully saturated rings. The van der Waals surface area contributed by atoms with E-state index in [0.717, 1.165) is 26.8 Å². The highest BCUT2D eigenvalue weighted by molar-refractivity contribution is 5.96. The summed E-state index contributed by atoms with van der Waals surface area (Å²) in [5.41, 5.74) is -0.848. The molecule has 2 rings (SSSR count). The van der Waals surface area contributed by atoms with Crippen LogP contribution in [0.1, 0.15) is 20.8 Å². The van der Waals surface area contributed by atoms with E-state index in [0.29, 0.717) is 0 Å². The number of ether oxygens (including phenoxy) is 3. The summed E-state index contributed by atoms with van der Waals surface area (Å²) in [4.78, 5) is 46.6. The first-order valence-corrected chi connectivity index (χ1v) is 7.09. The summed E-state index contributed by atoms with van der Waals surface area (Å²) < 4.78 is 15.0. The molecule has 130 valence electrons. The molecule has 0 aliphatic heterocycles. The van der Waals surface area contributed by atoms with Crippen LogP contribution in [0.3, 0.4) is 0 Å². The smallest absolute Gasteiger partial charge is 0.308 e. The van der Waals surface area contributed by atoms with Gasteiger partial charge in [-0.3, -0.25) is 19.2 Å². The van der Waals surface area contributed by atoms with E-state index in [2.05, 4.69) is 0 Å². The molecule has 0 saturated carbocycles. The molecule has 0 amide bonds. The van der Waals surface area contributed by atoms with Crippen molar-refractivity contribution in [1.82, 2.24) is 0 Å². The minimum absolute atomic E-state index is 0.203. The van der Waals surface area contributed by atoms with Crippen molar-refractivity contribution in [3.63, 3.8) is 0 Å². The van der Waals surface area contributed by atoms with Gasteiger partial charge in [0, 0.05) is 20.8 Å². The molecule has 25 heavy (non-hydrogen) atoms. The van der Waals surface area contributed by atoms with E-state index in [1.807, 2.05) is 0 Å². The average molecular weight is 346 g/mol. The van der Waals surface area contributed by atoms with Crippen molar-refractivity contribution >= 4 is 28.7 Å². The molecule has 2 aromatic rings. The standard InChI is InChI=1S/C17H14O8/c1-8(18)23-13-7-11-5-4-6-12(21)15(22)14(11)17(25-10(3)20)16(13)24-9(2)19/h4-7H,1-3H3,(H,21,22). The van der Waals surface area contributed by atoms with Gasteiger partial charge in [-0.05, 0) is 17.5 Å². The van der Waals surface area contributed by atoms with Crippen LogP contribution in [0.15, 0.2) is 29.1 Å². The quantitative estimate of drug-likeness (QED) is 0.659. The molecule has 0 spiro atoms. The van der Waals surface area contributed by atoms with E-state index in [9.17, 15) is 24.3 Å². The Hall–Kier alpha value is -3.42. The van der Waals surface area contributed by atoms with Crippen LogP contribution < -0.4 is 19.6 Å². The number of hydrogen-bond donors (Lipinski definition) is 1. The molecule has 1 N–H and O–H groups in total. The molecule has 0 radical (unpaired) electrons. The first-order valence-electron chi connectivity index (χ1n) is 7.09. The minimum Gasteiger partial charge on any atom is -0.504 e. The van der Waals surface area contributed by atoms with Gasteiger partial charge in [0.2, 0.25) is 11.2 Å². The van der Waals surface area contributed by atoms with Gasteiger partial charge in [0.05, 0.1) is 5.39 Å². The lowest BCUT2D eigenvalue weighted by molar-refractivity contribution is -0.135. The summed E-state index contributed by atoms with van der Waals surface area (Å²) in [5.74, 6) is -3.96. The van der Waals surface area contributed by atoms with Crippen LogP contribution in [0.4, 0.5) is 0 Å². The number of fused-ring (bicyclic) bond motifs is 1. The van der Waals surface area contributed by atoms with Crippen LogP contribution >= 0.6 is 0 Å². The lowest BCUT2D eigenvalue weighted by Crippen LogP contribution is -2.12. The fourth-order valence-electron chi connectivity index (χ4n) is 2.16. The normalized spacial score (nSPS) is 10.2. The summed E-state index contributed by atoms with van der Waals surface area (Å²) in [6.45, 7) is 3.29. The predicted octanol–water partition coefficient (Wildman–Crippen LogP) is 1.68. The maximum Gasteiger partial charge on any atom is 0.308 e. The topological polar surface area (TPSA) is 116 Å². The summed E-state index contributed by atoms with van der Waals surface area (Å²) in [7, 11) is 0. The Kier molecular flexibility index (Phi) is 5.02. The third-order valence-electron chi connectivity index (χ3n) is 2.97. The van der Waals surface area contributed by atoms with E-state index in [1.54, 1.807) is 0 Å². The Morgan fingerprint density at radius 3 is 2.00 bits per heavy atom.